The van der Waals surface area contributed by atoms with Crippen LogP contribution < -0.4 is 5.32 Å². The third-order valence-corrected chi connectivity index (χ3v) is 2.88. The maximum Gasteiger partial charge on any atom is 0.326 e. The molecule has 1 heterocycles. The van der Waals surface area contributed by atoms with E-state index >= 15 is 0 Å². The fourth-order valence-corrected chi connectivity index (χ4v) is 1.79. The van der Waals surface area contributed by atoms with Gasteiger partial charge in [0.2, 0.25) is 0 Å². The van der Waals surface area contributed by atoms with Gasteiger partial charge in [0.05, 0.1) is 5.56 Å². The number of rotatable bonds is 5. The van der Waals surface area contributed by atoms with Gasteiger partial charge in [-0.2, -0.15) is 0 Å². The van der Waals surface area contributed by atoms with E-state index in [9.17, 15) is 19.1 Å². The number of carbonyl (C=O) groups excluding carboxylic acids is 1. The van der Waals surface area contributed by atoms with Crippen molar-refractivity contribution in [3.05, 3.63) is 65.7 Å². The first-order valence-corrected chi connectivity index (χ1v) is 6.24. The van der Waals surface area contributed by atoms with Crippen molar-refractivity contribution in [2.24, 2.45) is 0 Å². The molecule has 0 bridgehead atoms. The molecule has 21 heavy (non-hydrogen) atoms. The van der Waals surface area contributed by atoms with Gasteiger partial charge >= 0.3 is 5.97 Å². The smallest absolute Gasteiger partial charge is 0.326 e. The van der Waals surface area contributed by atoms with Crippen LogP contribution in [0.2, 0.25) is 0 Å². The van der Waals surface area contributed by atoms with E-state index in [-0.39, 0.29) is 12.0 Å². The van der Waals surface area contributed by atoms with Crippen LogP contribution in [-0.4, -0.2) is 28.0 Å². The third-order valence-electron chi connectivity index (χ3n) is 2.88. The Morgan fingerprint density at radius 2 is 1.95 bits per heavy atom. The highest BCUT2D eigenvalue weighted by atomic mass is 19.1. The van der Waals surface area contributed by atoms with Gasteiger partial charge in [0.15, 0.2) is 0 Å². The summed E-state index contributed by atoms with van der Waals surface area (Å²) < 4.78 is 12.8. The number of aromatic nitrogens is 1. The van der Waals surface area contributed by atoms with Gasteiger partial charge in [-0.3, -0.25) is 9.78 Å². The van der Waals surface area contributed by atoms with Crippen LogP contribution in [0.3, 0.4) is 0 Å². The molecule has 2 rings (SSSR count). The zero-order valence-corrected chi connectivity index (χ0v) is 11.0. The molecule has 2 aromatic rings. The predicted octanol–water partition coefficient (Wildman–Crippen LogP) is 1.65. The lowest BCUT2D eigenvalue weighted by atomic mass is 10.1. The molecule has 108 valence electrons. The molecule has 1 amide bonds. The quantitative estimate of drug-likeness (QED) is 0.876. The van der Waals surface area contributed by atoms with E-state index in [4.69, 9.17) is 0 Å². The lowest BCUT2D eigenvalue weighted by molar-refractivity contribution is -0.139. The number of carboxylic acids is 1. The molecule has 0 aliphatic rings. The Bertz CT molecular complexity index is 629. The highest BCUT2D eigenvalue weighted by molar-refractivity contribution is 5.96. The summed E-state index contributed by atoms with van der Waals surface area (Å²) in [6, 6.07) is 7.50. The Morgan fingerprint density at radius 3 is 2.52 bits per heavy atom. The van der Waals surface area contributed by atoms with Crippen molar-refractivity contribution in [2.75, 3.05) is 0 Å². The summed E-state index contributed by atoms with van der Waals surface area (Å²) in [6.45, 7) is 0. The number of nitrogens with zero attached hydrogens (tertiary/aromatic N) is 1. The summed E-state index contributed by atoms with van der Waals surface area (Å²) >= 11 is 0. The molecule has 1 atom stereocenters. The number of nitrogens with one attached hydrogen (secondary N) is 1. The van der Waals surface area contributed by atoms with Gasteiger partial charge in [-0.1, -0.05) is 12.1 Å². The fraction of sp³-hybridized carbons (Fsp3) is 0.133. The van der Waals surface area contributed by atoms with Crippen molar-refractivity contribution in [1.29, 1.82) is 0 Å². The monoisotopic (exact) mass is 288 g/mol. The summed E-state index contributed by atoms with van der Waals surface area (Å²) in [5.74, 6) is -2.07. The topological polar surface area (TPSA) is 79.3 Å². The Labute approximate surface area is 120 Å². The molecular formula is C15H13FN2O3. The molecule has 0 fully saturated rings. The molecule has 2 N–H and O–H groups in total. The second-order valence-electron chi connectivity index (χ2n) is 4.44. The first-order chi connectivity index (χ1) is 10.1. The van der Waals surface area contributed by atoms with Crippen LogP contribution in [-0.2, 0) is 11.2 Å². The number of pyridine rings is 1. The zero-order valence-electron chi connectivity index (χ0n) is 11.0. The predicted molar refractivity (Wildman–Crippen MR) is 73.2 cm³/mol. The summed E-state index contributed by atoms with van der Waals surface area (Å²) in [5.41, 5.74) is 0.901. The molecule has 0 unspecified atom stereocenters. The average Bonchev–Trinajstić information content (AvgIpc) is 2.49. The second-order valence-corrected chi connectivity index (χ2v) is 4.44. The number of hydrogen-bond acceptors (Lipinski definition) is 3. The molecule has 1 aromatic heterocycles. The van der Waals surface area contributed by atoms with E-state index < -0.39 is 23.7 Å². The van der Waals surface area contributed by atoms with Crippen LogP contribution >= 0.6 is 0 Å². The minimum absolute atomic E-state index is 0.0710. The van der Waals surface area contributed by atoms with E-state index in [2.05, 4.69) is 10.3 Å². The zero-order chi connectivity index (χ0) is 15.2. The summed E-state index contributed by atoms with van der Waals surface area (Å²) in [4.78, 5) is 27.0. The molecule has 0 spiro atoms. The normalized spacial score (nSPS) is 11.7. The fourth-order valence-electron chi connectivity index (χ4n) is 1.79. The first-order valence-electron chi connectivity index (χ1n) is 6.24. The van der Waals surface area contributed by atoms with E-state index in [1.807, 2.05) is 0 Å². The van der Waals surface area contributed by atoms with Crippen LogP contribution in [0.1, 0.15) is 15.9 Å². The minimum atomic E-state index is -1.16. The van der Waals surface area contributed by atoms with Crippen LogP contribution in [0, 0.1) is 5.82 Å². The molecule has 0 aliphatic heterocycles. The molecule has 6 heteroatoms. The molecule has 0 radical (unpaired) electrons. The van der Waals surface area contributed by atoms with Gasteiger partial charge in [0.25, 0.3) is 5.91 Å². The van der Waals surface area contributed by atoms with E-state index in [0.29, 0.717) is 5.56 Å². The Morgan fingerprint density at radius 1 is 1.24 bits per heavy atom. The largest absolute Gasteiger partial charge is 0.480 e. The molecular weight excluding hydrogens is 275 g/mol. The number of benzene rings is 1. The standard InChI is InChI=1S/C15H13FN2O3/c16-12-5-3-10(4-6-12)8-13(15(20)21)18-14(19)11-2-1-7-17-9-11/h1-7,9,13H,8H2,(H,18,19)(H,20,21)/t13-/m1/s1. The molecule has 5 nitrogen and oxygen atoms in total. The average molecular weight is 288 g/mol. The third kappa shape index (κ3) is 4.10. The van der Waals surface area contributed by atoms with Gasteiger partial charge in [0, 0.05) is 18.8 Å². The van der Waals surface area contributed by atoms with E-state index in [1.54, 1.807) is 12.1 Å². The Balaban J connectivity index is 2.07. The molecule has 0 saturated heterocycles. The van der Waals surface area contributed by atoms with E-state index in [1.165, 1.54) is 36.7 Å². The number of carbonyl (C=O) groups is 2. The SMILES string of the molecule is O=C(N[C@H](Cc1ccc(F)cc1)C(=O)O)c1cccnc1. The maximum absolute atomic E-state index is 12.8. The van der Waals surface area contributed by atoms with Crippen LogP contribution in [0.15, 0.2) is 48.8 Å². The van der Waals surface area contributed by atoms with Crippen molar-refractivity contribution >= 4 is 11.9 Å². The van der Waals surface area contributed by atoms with Crippen LogP contribution in [0.5, 0.6) is 0 Å². The van der Waals surface area contributed by atoms with Crippen molar-refractivity contribution in [1.82, 2.24) is 10.3 Å². The van der Waals surface area contributed by atoms with Gasteiger partial charge in [-0.05, 0) is 29.8 Å². The second kappa shape index (κ2) is 6.60. The van der Waals surface area contributed by atoms with Crippen molar-refractivity contribution in [3.8, 4) is 0 Å². The number of amides is 1. The van der Waals surface area contributed by atoms with Gasteiger partial charge in [-0.15, -0.1) is 0 Å². The highest BCUT2D eigenvalue weighted by Crippen LogP contribution is 2.07. The number of aliphatic carboxylic acids is 1. The van der Waals surface area contributed by atoms with Gasteiger partial charge in [0.1, 0.15) is 11.9 Å². The number of carboxylic acid groups (broad SMARTS) is 1. The maximum atomic E-state index is 12.8. The molecule has 0 saturated carbocycles. The van der Waals surface area contributed by atoms with Crippen molar-refractivity contribution < 1.29 is 19.1 Å². The van der Waals surface area contributed by atoms with Gasteiger partial charge in [-0.25, -0.2) is 9.18 Å². The van der Waals surface area contributed by atoms with Crippen molar-refractivity contribution in [3.63, 3.8) is 0 Å². The Kier molecular flexibility index (Phi) is 4.61. The summed E-state index contributed by atoms with van der Waals surface area (Å²) in [5, 5.41) is 11.6. The van der Waals surface area contributed by atoms with Crippen molar-refractivity contribution in [2.45, 2.75) is 12.5 Å². The molecule has 1 aromatic carbocycles. The van der Waals surface area contributed by atoms with Crippen LogP contribution in [0.25, 0.3) is 0 Å². The minimum Gasteiger partial charge on any atom is -0.480 e. The first kappa shape index (κ1) is 14.6. The lowest BCUT2D eigenvalue weighted by Gasteiger charge is -2.14. The molecule has 0 aliphatic carbocycles. The van der Waals surface area contributed by atoms with Crippen LogP contribution in [0.4, 0.5) is 4.39 Å². The summed E-state index contributed by atoms with van der Waals surface area (Å²) in [7, 11) is 0. The lowest BCUT2D eigenvalue weighted by Crippen LogP contribution is -2.42. The summed E-state index contributed by atoms with van der Waals surface area (Å²) in [6.07, 6.45) is 2.94. The van der Waals surface area contributed by atoms with Gasteiger partial charge < -0.3 is 10.4 Å². The number of halogens is 1. The number of hydrogen-bond donors (Lipinski definition) is 2. The Hall–Kier alpha value is -2.76. The van der Waals surface area contributed by atoms with E-state index in [0.717, 1.165) is 0 Å². The highest BCUT2D eigenvalue weighted by Gasteiger charge is 2.21.